The summed E-state index contributed by atoms with van der Waals surface area (Å²) in [4.78, 5) is 0. The van der Waals surface area contributed by atoms with E-state index in [4.69, 9.17) is 9.47 Å². The zero-order valence-electron chi connectivity index (χ0n) is 6.98. The predicted octanol–water partition coefficient (Wildman–Crippen LogP) is 1.20. The van der Waals surface area contributed by atoms with E-state index in [9.17, 15) is 9.67 Å². The van der Waals surface area contributed by atoms with Gasteiger partial charge in [0.2, 0.25) is 0 Å². The first kappa shape index (κ1) is 8.32. The monoisotopic (exact) mass is 199 g/mol. The average molecular weight is 199 g/mol. The minimum atomic E-state index is -1.60. The summed E-state index contributed by atoms with van der Waals surface area (Å²) in [5.74, 6) is 0.937. The van der Waals surface area contributed by atoms with Gasteiger partial charge >= 0.3 is 7.80 Å². The molecule has 1 heterocycles. The van der Waals surface area contributed by atoms with Gasteiger partial charge in [0.05, 0.1) is 7.11 Å². The Morgan fingerprint density at radius 1 is 1.62 bits per heavy atom. The fourth-order valence-corrected chi connectivity index (χ4v) is 2.32. The van der Waals surface area contributed by atoms with Crippen LogP contribution < -0.4 is 14.8 Å². The van der Waals surface area contributed by atoms with Gasteiger partial charge in [-0.2, -0.15) is 0 Å². The number of methoxy groups -OCH3 is 1. The molecule has 0 spiro atoms. The molecule has 1 N–H and O–H groups in total. The van der Waals surface area contributed by atoms with Gasteiger partial charge in [-0.3, -0.25) is 0 Å². The minimum absolute atomic E-state index is 0.0204. The third-order valence-corrected chi connectivity index (χ3v) is 3.16. The van der Waals surface area contributed by atoms with Gasteiger partial charge in [-0.15, -0.1) is 0 Å². The number of hydrogen-bond acceptors (Lipinski definition) is 4. The summed E-state index contributed by atoms with van der Waals surface area (Å²) in [6.07, 6.45) is 0.144. The van der Waals surface area contributed by atoms with Gasteiger partial charge in [0, 0.05) is 12.1 Å². The van der Waals surface area contributed by atoms with E-state index in [1.165, 1.54) is 13.2 Å². The molecule has 0 fully saturated rings. The number of rotatable bonds is 1. The van der Waals surface area contributed by atoms with Gasteiger partial charge in [0.15, 0.2) is 11.5 Å². The summed E-state index contributed by atoms with van der Waals surface area (Å²) in [5.41, 5.74) is 0. The van der Waals surface area contributed by atoms with Crippen LogP contribution in [0.1, 0.15) is 0 Å². The highest BCUT2D eigenvalue weighted by Gasteiger charge is 2.37. The molecule has 4 nitrogen and oxygen atoms in total. The molecule has 1 aromatic carbocycles. The molecular weight excluding hydrogens is 191 g/mol. The molecule has 0 saturated carbocycles. The van der Waals surface area contributed by atoms with Crippen LogP contribution in [0.2, 0.25) is 0 Å². The lowest BCUT2D eigenvalue weighted by Gasteiger charge is -2.00. The standard InChI is InChI=1S/C8H7O4P/c1-11-5-2-6(9)8-7(3-5)12-4-13(8)10/h2-3H,4H2,1H3/p+1. The molecule has 0 radical (unpaired) electrons. The van der Waals surface area contributed by atoms with Crippen molar-refractivity contribution < 1.29 is 19.1 Å². The van der Waals surface area contributed by atoms with E-state index in [0.29, 0.717) is 16.8 Å². The SMILES string of the molecule is COc1cc(O)c2c(c1)OC[P+]2=O. The van der Waals surface area contributed by atoms with Gasteiger partial charge in [-0.05, 0) is 0 Å². The lowest BCUT2D eigenvalue weighted by atomic mass is 10.3. The number of phenolic OH excluding ortho intramolecular Hbond substituents is 1. The first-order valence-electron chi connectivity index (χ1n) is 3.71. The normalized spacial score (nSPS) is 16.5. The fraction of sp³-hybridized carbons (Fsp3) is 0.250. The summed E-state index contributed by atoms with van der Waals surface area (Å²) in [5, 5.41) is 9.87. The van der Waals surface area contributed by atoms with Crippen LogP contribution in [-0.2, 0) is 4.57 Å². The molecule has 5 heteroatoms. The van der Waals surface area contributed by atoms with Crippen molar-refractivity contribution >= 4 is 13.1 Å². The van der Waals surface area contributed by atoms with E-state index >= 15 is 0 Å². The third-order valence-electron chi connectivity index (χ3n) is 1.85. The summed E-state index contributed by atoms with van der Waals surface area (Å²) in [7, 11) is -0.101. The van der Waals surface area contributed by atoms with Crippen LogP contribution >= 0.6 is 7.80 Å². The van der Waals surface area contributed by atoms with E-state index < -0.39 is 7.80 Å². The first-order chi connectivity index (χ1) is 6.22. The van der Waals surface area contributed by atoms with Gasteiger partial charge in [-0.25, -0.2) is 0 Å². The maximum Gasteiger partial charge on any atom is 0.425 e. The van der Waals surface area contributed by atoms with Crippen LogP contribution in [0.25, 0.3) is 0 Å². The fourth-order valence-electron chi connectivity index (χ4n) is 1.24. The third kappa shape index (κ3) is 1.23. The second kappa shape index (κ2) is 2.89. The number of fused-ring (bicyclic) bond motifs is 1. The van der Waals surface area contributed by atoms with E-state index in [1.807, 2.05) is 0 Å². The van der Waals surface area contributed by atoms with Crippen LogP contribution in [0.5, 0.6) is 17.2 Å². The van der Waals surface area contributed by atoms with Crippen molar-refractivity contribution in [1.29, 1.82) is 0 Å². The molecule has 2 rings (SSSR count). The molecule has 68 valence electrons. The number of benzene rings is 1. The van der Waals surface area contributed by atoms with E-state index in [-0.39, 0.29) is 12.1 Å². The van der Waals surface area contributed by atoms with Crippen LogP contribution in [0, 0.1) is 0 Å². The summed E-state index contributed by atoms with van der Waals surface area (Å²) >= 11 is 0. The zero-order chi connectivity index (χ0) is 9.42. The maximum absolute atomic E-state index is 11.3. The van der Waals surface area contributed by atoms with E-state index in [1.54, 1.807) is 6.07 Å². The molecule has 0 saturated heterocycles. The Bertz CT molecular complexity index is 375. The highest BCUT2D eigenvalue weighted by Crippen LogP contribution is 2.40. The van der Waals surface area contributed by atoms with Crippen molar-refractivity contribution in [3.8, 4) is 17.2 Å². The van der Waals surface area contributed by atoms with Crippen molar-refractivity contribution in [3.63, 3.8) is 0 Å². The molecule has 0 amide bonds. The van der Waals surface area contributed by atoms with Crippen molar-refractivity contribution in [3.05, 3.63) is 12.1 Å². The van der Waals surface area contributed by atoms with Gasteiger partial charge in [-0.1, -0.05) is 4.57 Å². The molecule has 1 aromatic rings. The molecule has 13 heavy (non-hydrogen) atoms. The quantitative estimate of drug-likeness (QED) is 0.690. The molecule has 1 unspecified atom stereocenters. The lowest BCUT2D eigenvalue weighted by Crippen LogP contribution is -1.95. The Morgan fingerprint density at radius 2 is 2.38 bits per heavy atom. The Hall–Kier alpha value is -1.28. The second-order valence-corrected chi connectivity index (χ2v) is 4.11. The van der Waals surface area contributed by atoms with Crippen molar-refractivity contribution in [2.24, 2.45) is 0 Å². The smallest absolute Gasteiger partial charge is 0.425 e. The van der Waals surface area contributed by atoms with Gasteiger partial charge in [0.25, 0.3) is 11.7 Å². The van der Waals surface area contributed by atoms with Crippen molar-refractivity contribution in [2.45, 2.75) is 0 Å². The highest BCUT2D eigenvalue weighted by atomic mass is 31.1. The number of phenols is 1. The van der Waals surface area contributed by atoms with E-state index in [0.717, 1.165) is 0 Å². The second-order valence-electron chi connectivity index (χ2n) is 2.65. The average Bonchev–Trinajstić information content (AvgIpc) is 2.48. The Labute approximate surface area is 75.9 Å². The molecular formula is C8H8O4P+. The summed E-state index contributed by atoms with van der Waals surface area (Å²) in [6, 6.07) is 3.05. The first-order valence-corrected chi connectivity index (χ1v) is 5.15. The van der Waals surface area contributed by atoms with Crippen molar-refractivity contribution in [1.82, 2.24) is 0 Å². The predicted molar refractivity (Wildman–Crippen MR) is 47.4 cm³/mol. The van der Waals surface area contributed by atoms with E-state index in [2.05, 4.69) is 0 Å². The molecule has 1 atom stereocenters. The topological polar surface area (TPSA) is 55.8 Å². The minimum Gasteiger partial charge on any atom is -0.503 e. The zero-order valence-corrected chi connectivity index (χ0v) is 7.88. The Balaban J connectivity index is 2.59. The Morgan fingerprint density at radius 3 is 3.08 bits per heavy atom. The molecule has 1 aliphatic heterocycles. The molecule has 1 aliphatic rings. The highest BCUT2D eigenvalue weighted by molar-refractivity contribution is 7.54. The van der Waals surface area contributed by atoms with Crippen LogP contribution in [0.4, 0.5) is 0 Å². The number of ether oxygens (including phenoxy) is 2. The number of hydrogen-bond donors (Lipinski definition) is 1. The molecule has 0 aromatic heterocycles. The molecule has 0 aliphatic carbocycles. The van der Waals surface area contributed by atoms with Crippen LogP contribution in [-0.4, -0.2) is 18.6 Å². The number of aromatic hydroxyl groups is 1. The van der Waals surface area contributed by atoms with Crippen molar-refractivity contribution in [2.75, 3.05) is 13.5 Å². The summed E-state index contributed by atoms with van der Waals surface area (Å²) in [6.45, 7) is 0. The molecule has 0 bridgehead atoms. The summed E-state index contributed by atoms with van der Waals surface area (Å²) < 4.78 is 21.3. The maximum atomic E-state index is 11.3. The van der Waals surface area contributed by atoms with Gasteiger partial charge < -0.3 is 14.6 Å². The lowest BCUT2D eigenvalue weighted by molar-refractivity contribution is 0.381. The van der Waals surface area contributed by atoms with Crippen LogP contribution in [0.15, 0.2) is 12.1 Å². The van der Waals surface area contributed by atoms with Gasteiger partial charge in [0.1, 0.15) is 5.75 Å². The Kier molecular flexibility index (Phi) is 1.85. The largest absolute Gasteiger partial charge is 0.503 e. The van der Waals surface area contributed by atoms with Crippen LogP contribution in [0.3, 0.4) is 0 Å².